The predicted molar refractivity (Wildman–Crippen MR) is 74.3 cm³/mol. The zero-order chi connectivity index (χ0) is 12.7. The topological polar surface area (TPSA) is 28.2 Å². The van der Waals surface area contributed by atoms with Gasteiger partial charge in [-0.1, -0.05) is 26.3 Å². The highest BCUT2D eigenvalue weighted by atomic mass is 15.2. The Labute approximate surface area is 105 Å². The summed E-state index contributed by atoms with van der Waals surface area (Å²) < 4.78 is 0. The molecule has 17 heavy (non-hydrogen) atoms. The van der Waals surface area contributed by atoms with Crippen LogP contribution in [-0.4, -0.2) is 25.1 Å². The van der Waals surface area contributed by atoms with E-state index in [1.165, 1.54) is 12.0 Å². The van der Waals surface area contributed by atoms with E-state index in [1.807, 2.05) is 19.3 Å². The normalized spacial score (nSPS) is 12.5. The number of nitrogens with one attached hydrogen (secondary N) is 1. The van der Waals surface area contributed by atoms with Crippen molar-refractivity contribution in [3.05, 3.63) is 23.9 Å². The monoisotopic (exact) mass is 235 g/mol. The summed E-state index contributed by atoms with van der Waals surface area (Å²) in [6.45, 7) is 9.70. The summed E-state index contributed by atoms with van der Waals surface area (Å²) >= 11 is 0. The average molecular weight is 235 g/mol. The van der Waals surface area contributed by atoms with Crippen molar-refractivity contribution < 1.29 is 0 Å². The molecule has 0 bridgehead atoms. The van der Waals surface area contributed by atoms with Crippen molar-refractivity contribution in [1.82, 2.24) is 10.3 Å². The molecule has 1 atom stereocenters. The van der Waals surface area contributed by atoms with Gasteiger partial charge in [-0.15, -0.1) is 0 Å². The molecule has 0 saturated heterocycles. The maximum atomic E-state index is 4.54. The lowest BCUT2D eigenvalue weighted by Gasteiger charge is -2.27. The van der Waals surface area contributed by atoms with Gasteiger partial charge >= 0.3 is 0 Å². The van der Waals surface area contributed by atoms with E-state index >= 15 is 0 Å². The Balaban J connectivity index is 2.86. The highest BCUT2D eigenvalue weighted by Crippen LogP contribution is 2.18. The van der Waals surface area contributed by atoms with Gasteiger partial charge in [-0.05, 0) is 26.0 Å². The number of hydrogen-bond donors (Lipinski definition) is 1. The molecule has 1 heterocycles. The average Bonchev–Trinajstić information content (AvgIpc) is 2.37. The zero-order valence-corrected chi connectivity index (χ0v) is 11.5. The summed E-state index contributed by atoms with van der Waals surface area (Å²) in [5.41, 5.74) is 1.28. The zero-order valence-electron chi connectivity index (χ0n) is 11.5. The number of rotatable bonds is 7. The molecular formula is C14H25N3. The van der Waals surface area contributed by atoms with E-state index in [9.17, 15) is 0 Å². The van der Waals surface area contributed by atoms with Gasteiger partial charge < -0.3 is 10.2 Å². The second kappa shape index (κ2) is 7.28. The molecule has 1 aromatic rings. The molecule has 3 nitrogen and oxygen atoms in total. The maximum absolute atomic E-state index is 4.54. The van der Waals surface area contributed by atoms with Crippen LogP contribution in [0.5, 0.6) is 0 Å². The van der Waals surface area contributed by atoms with Gasteiger partial charge in [-0.25, -0.2) is 4.98 Å². The van der Waals surface area contributed by atoms with E-state index < -0.39 is 0 Å². The molecule has 0 saturated carbocycles. The molecule has 0 fully saturated rings. The van der Waals surface area contributed by atoms with Gasteiger partial charge in [0, 0.05) is 31.4 Å². The van der Waals surface area contributed by atoms with Crippen molar-refractivity contribution in [1.29, 1.82) is 0 Å². The smallest absolute Gasteiger partial charge is 0.133 e. The van der Waals surface area contributed by atoms with Crippen molar-refractivity contribution in [3.63, 3.8) is 0 Å². The van der Waals surface area contributed by atoms with Gasteiger partial charge in [-0.3, -0.25) is 0 Å². The molecule has 0 aliphatic carbocycles. The molecule has 0 radical (unpaired) electrons. The number of hydrogen-bond acceptors (Lipinski definition) is 3. The van der Waals surface area contributed by atoms with Crippen molar-refractivity contribution >= 4 is 5.82 Å². The standard InChI is InChI=1S/C14H25N3/c1-5-12(3)11-17(6-2)14-13(10-15-4)8-7-9-16-14/h7-9,12,15H,5-6,10-11H2,1-4H3. The van der Waals surface area contributed by atoms with E-state index in [1.54, 1.807) is 0 Å². The molecule has 0 aromatic carbocycles. The van der Waals surface area contributed by atoms with Gasteiger partial charge in [0.15, 0.2) is 0 Å². The Bertz CT molecular complexity index is 325. The van der Waals surface area contributed by atoms with Crippen molar-refractivity contribution in [2.75, 3.05) is 25.0 Å². The Morgan fingerprint density at radius 2 is 2.18 bits per heavy atom. The summed E-state index contributed by atoms with van der Waals surface area (Å²) in [7, 11) is 1.97. The van der Waals surface area contributed by atoms with Crippen LogP contribution in [0.4, 0.5) is 5.82 Å². The molecular weight excluding hydrogens is 210 g/mol. The lowest BCUT2D eigenvalue weighted by atomic mass is 10.1. The molecule has 3 heteroatoms. The lowest BCUT2D eigenvalue weighted by Crippen LogP contribution is -2.30. The Kier molecular flexibility index (Phi) is 5.98. The SMILES string of the molecule is CCC(C)CN(CC)c1ncccc1CNC. The van der Waals surface area contributed by atoms with E-state index in [-0.39, 0.29) is 0 Å². The molecule has 0 amide bonds. The fourth-order valence-electron chi connectivity index (χ4n) is 1.91. The van der Waals surface area contributed by atoms with Gasteiger partial charge in [0.1, 0.15) is 5.82 Å². The second-order valence-electron chi connectivity index (χ2n) is 4.57. The van der Waals surface area contributed by atoms with Crippen molar-refractivity contribution in [2.24, 2.45) is 5.92 Å². The van der Waals surface area contributed by atoms with Crippen molar-refractivity contribution in [2.45, 2.75) is 33.7 Å². The summed E-state index contributed by atoms with van der Waals surface area (Å²) in [6.07, 6.45) is 3.10. The van der Waals surface area contributed by atoms with Crippen LogP contribution < -0.4 is 10.2 Å². The first kappa shape index (κ1) is 14.0. The van der Waals surface area contributed by atoms with Crippen LogP contribution in [0.15, 0.2) is 18.3 Å². The predicted octanol–water partition coefficient (Wildman–Crippen LogP) is 2.67. The van der Waals surface area contributed by atoms with Gasteiger partial charge in [0.25, 0.3) is 0 Å². The Hall–Kier alpha value is -1.09. The van der Waals surface area contributed by atoms with Crippen LogP contribution in [0.25, 0.3) is 0 Å². The maximum Gasteiger partial charge on any atom is 0.133 e. The first-order valence-electron chi connectivity index (χ1n) is 6.56. The highest BCUT2D eigenvalue weighted by molar-refractivity contribution is 5.46. The number of pyridine rings is 1. The first-order valence-corrected chi connectivity index (χ1v) is 6.56. The summed E-state index contributed by atoms with van der Waals surface area (Å²) in [5, 5.41) is 3.20. The third-order valence-electron chi connectivity index (χ3n) is 3.14. The molecule has 1 aromatic heterocycles. The summed E-state index contributed by atoms with van der Waals surface area (Å²) in [5.74, 6) is 1.84. The largest absolute Gasteiger partial charge is 0.356 e. The molecule has 0 aliphatic heterocycles. The third kappa shape index (κ3) is 4.00. The minimum atomic E-state index is 0.708. The minimum absolute atomic E-state index is 0.708. The van der Waals surface area contributed by atoms with Crippen molar-refractivity contribution in [3.8, 4) is 0 Å². The van der Waals surface area contributed by atoms with Crippen LogP contribution in [0.3, 0.4) is 0 Å². The molecule has 1 N–H and O–H groups in total. The van der Waals surface area contributed by atoms with Crippen LogP contribution >= 0.6 is 0 Å². The Morgan fingerprint density at radius 3 is 2.76 bits per heavy atom. The van der Waals surface area contributed by atoms with E-state index in [0.717, 1.165) is 25.5 Å². The number of anilines is 1. The van der Waals surface area contributed by atoms with E-state index in [4.69, 9.17) is 0 Å². The van der Waals surface area contributed by atoms with Crippen LogP contribution in [0.2, 0.25) is 0 Å². The second-order valence-corrected chi connectivity index (χ2v) is 4.57. The van der Waals surface area contributed by atoms with Gasteiger partial charge in [-0.2, -0.15) is 0 Å². The first-order chi connectivity index (χ1) is 8.22. The van der Waals surface area contributed by atoms with Crippen LogP contribution in [0, 0.1) is 5.92 Å². The number of aromatic nitrogens is 1. The lowest BCUT2D eigenvalue weighted by molar-refractivity contribution is 0.544. The quantitative estimate of drug-likeness (QED) is 0.787. The molecule has 0 spiro atoms. The fraction of sp³-hybridized carbons (Fsp3) is 0.643. The van der Waals surface area contributed by atoms with E-state index in [2.05, 4.69) is 42.0 Å². The van der Waals surface area contributed by atoms with Crippen LogP contribution in [0.1, 0.15) is 32.8 Å². The molecule has 1 unspecified atom stereocenters. The highest BCUT2D eigenvalue weighted by Gasteiger charge is 2.12. The fourth-order valence-corrected chi connectivity index (χ4v) is 1.91. The summed E-state index contributed by atoms with van der Waals surface area (Å²) in [4.78, 5) is 6.92. The minimum Gasteiger partial charge on any atom is -0.356 e. The summed E-state index contributed by atoms with van der Waals surface area (Å²) in [6, 6.07) is 4.16. The molecule has 96 valence electrons. The number of nitrogens with zero attached hydrogens (tertiary/aromatic N) is 2. The van der Waals surface area contributed by atoms with E-state index in [0.29, 0.717) is 5.92 Å². The molecule has 1 rings (SSSR count). The van der Waals surface area contributed by atoms with Crippen LogP contribution in [-0.2, 0) is 6.54 Å². The third-order valence-corrected chi connectivity index (χ3v) is 3.14. The molecule has 0 aliphatic rings. The Morgan fingerprint density at radius 1 is 1.41 bits per heavy atom. The van der Waals surface area contributed by atoms with Gasteiger partial charge in [0.2, 0.25) is 0 Å². The van der Waals surface area contributed by atoms with Gasteiger partial charge in [0.05, 0.1) is 0 Å².